The summed E-state index contributed by atoms with van der Waals surface area (Å²) in [6.45, 7) is 6.67. The van der Waals surface area contributed by atoms with Crippen LogP contribution in [0.4, 0.5) is 9.52 Å². The molecule has 1 amide bonds. The minimum atomic E-state index is -1.03. The molecule has 2 unspecified atom stereocenters. The summed E-state index contributed by atoms with van der Waals surface area (Å²) in [7, 11) is 1.51. The van der Waals surface area contributed by atoms with Crippen molar-refractivity contribution >= 4 is 44.1 Å². The van der Waals surface area contributed by atoms with Gasteiger partial charge in [0.15, 0.2) is 16.6 Å². The van der Waals surface area contributed by atoms with Crippen molar-refractivity contribution in [3.63, 3.8) is 0 Å². The van der Waals surface area contributed by atoms with E-state index in [-0.39, 0.29) is 22.6 Å². The lowest BCUT2D eigenvalue weighted by Crippen LogP contribution is -2.29. The van der Waals surface area contributed by atoms with Gasteiger partial charge in [0.2, 0.25) is 0 Å². The first-order valence-corrected chi connectivity index (χ1v) is 14.9. The number of rotatable bonds is 8. The Kier molecular flexibility index (Phi) is 7.56. The first kappa shape index (κ1) is 28.7. The van der Waals surface area contributed by atoms with Gasteiger partial charge in [-0.15, -0.1) is 0 Å². The van der Waals surface area contributed by atoms with Crippen molar-refractivity contribution in [3.8, 4) is 17.2 Å². The first-order chi connectivity index (χ1) is 20.6. The van der Waals surface area contributed by atoms with E-state index in [9.17, 15) is 19.1 Å². The van der Waals surface area contributed by atoms with Crippen LogP contribution in [0.25, 0.3) is 16.0 Å². The molecule has 8 nitrogen and oxygen atoms in total. The Bertz CT molecular complexity index is 1780. The number of aliphatic hydroxyl groups excluding tert-OH is 1. The molecule has 0 bridgehead atoms. The van der Waals surface area contributed by atoms with E-state index in [4.69, 9.17) is 14.2 Å². The Morgan fingerprint density at radius 1 is 1.14 bits per heavy atom. The predicted molar refractivity (Wildman–Crippen MR) is 163 cm³/mol. The van der Waals surface area contributed by atoms with Crippen LogP contribution < -0.4 is 19.1 Å². The Labute approximate surface area is 252 Å². The summed E-state index contributed by atoms with van der Waals surface area (Å²) in [5.74, 6) is -0.323. The second-order valence-electron chi connectivity index (χ2n) is 11.2. The molecule has 1 saturated heterocycles. The van der Waals surface area contributed by atoms with Crippen LogP contribution in [0.1, 0.15) is 49.9 Å². The number of thiazole rings is 1. The van der Waals surface area contributed by atoms with Gasteiger partial charge >= 0.3 is 5.91 Å². The van der Waals surface area contributed by atoms with Crippen LogP contribution in [-0.4, -0.2) is 41.6 Å². The van der Waals surface area contributed by atoms with E-state index in [2.05, 4.69) is 18.8 Å². The fourth-order valence-corrected chi connectivity index (χ4v) is 6.45. The van der Waals surface area contributed by atoms with Crippen molar-refractivity contribution in [2.75, 3.05) is 18.6 Å². The normalized spacial score (nSPS) is 19.3. The molecule has 1 fully saturated rings. The molecule has 2 atom stereocenters. The second-order valence-corrected chi connectivity index (χ2v) is 12.2. The van der Waals surface area contributed by atoms with E-state index in [1.54, 1.807) is 36.4 Å². The van der Waals surface area contributed by atoms with Crippen LogP contribution in [0.15, 0.2) is 60.2 Å². The van der Waals surface area contributed by atoms with Gasteiger partial charge in [0, 0.05) is 12.0 Å². The SMILES string of the molecule is COc1cc(C2C(=C(O)c3ccc4c(c3)CC(C)O4)C(=O)C(=O)N2c2nc3ccc(F)cc3s2)ccc1OCCC(C)C. The molecule has 1 N–H and O–H groups in total. The van der Waals surface area contributed by atoms with Gasteiger partial charge in [0.1, 0.15) is 23.4 Å². The number of hydrogen-bond acceptors (Lipinski definition) is 8. The number of hydrogen-bond donors (Lipinski definition) is 1. The third kappa shape index (κ3) is 5.31. The summed E-state index contributed by atoms with van der Waals surface area (Å²) in [6.07, 6.45) is 1.51. The van der Waals surface area contributed by atoms with Gasteiger partial charge in [-0.1, -0.05) is 31.3 Å². The van der Waals surface area contributed by atoms with Gasteiger partial charge < -0.3 is 19.3 Å². The Morgan fingerprint density at radius 2 is 1.95 bits per heavy atom. The van der Waals surface area contributed by atoms with Crippen molar-refractivity contribution in [3.05, 3.63) is 82.7 Å². The molecule has 6 rings (SSSR count). The van der Waals surface area contributed by atoms with Crippen LogP contribution in [0.3, 0.4) is 0 Å². The summed E-state index contributed by atoms with van der Waals surface area (Å²) in [6, 6.07) is 13.5. The minimum Gasteiger partial charge on any atom is -0.507 e. The number of aromatic nitrogens is 1. The van der Waals surface area contributed by atoms with Gasteiger partial charge in [0.25, 0.3) is 5.78 Å². The molecule has 43 heavy (non-hydrogen) atoms. The Hall–Kier alpha value is -4.44. The van der Waals surface area contributed by atoms with E-state index in [1.165, 1.54) is 30.2 Å². The number of nitrogens with zero attached hydrogens (tertiary/aromatic N) is 2. The molecule has 0 radical (unpaired) electrons. The van der Waals surface area contributed by atoms with Crippen LogP contribution in [0.5, 0.6) is 17.2 Å². The van der Waals surface area contributed by atoms with E-state index in [0.29, 0.717) is 51.8 Å². The first-order valence-electron chi connectivity index (χ1n) is 14.1. The van der Waals surface area contributed by atoms with Gasteiger partial charge in [0.05, 0.1) is 35.5 Å². The molecule has 0 aliphatic carbocycles. The zero-order valence-corrected chi connectivity index (χ0v) is 25.0. The fourth-order valence-electron chi connectivity index (χ4n) is 5.44. The van der Waals surface area contributed by atoms with Crippen molar-refractivity contribution in [2.45, 2.75) is 45.8 Å². The zero-order valence-electron chi connectivity index (χ0n) is 24.2. The van der Waals surface area contributed by atoms with E-state index in [1.807, 2.05) is 6.92 Å². The maximum atomic E-state index is 14.0. The highest BCUT2D eigenvalue weighted by Crippen LogP contribution is 2.46. The summed E-state index contributed by atoms with van der Waals surface area (Å²) in [5.41, 5.74) is 2.21. The smallest absolute Gasteiger partial charge is 0.301 e. The molecule has 0 saturated carbocycles. The number of carbonyl (C=O) groups excluding carboxylic acids is 2. The number of methoxy groups -OCH3 is 1. The minimum absolute atomic E-state index is 0.00409. The largest absolute Gasteiger partial charge is 0.507 e. The average Bonchev–Trinajstić information content (AvgIpc) is 3.64. The summed E-state index contributed by atoms with van der Waals surface area (Å²) < 4.78 is 31.9. The molecule has 4 aromatic rings. The van der Waals surface area contributed by atoms with Crippen molar-refractivity contribution in [2.24, 2.45) is 5.92 Å². The van der Waals surface area contributed by atoms with Crippen molar-refractivity contribution < 1.29 is 33.3 Å². The molecule has 10 heteroatoms. The van der Waals surface area contributed by atoms with E-state index >= 15 is 0 Å². The Balaban J connectivity index is 1.49. The zero-order chi connectivity index (χ0) is 30.4. The van der Waals surface area contributed by atoms with Crippen LogP contribution in [0.2, 0.25) is 0 Å². The molecule has 3 heterocycles. The lowest BCUT2D eigenvalue weighted by atomic mass is 9.94. The summed E-state index contributed by atoms with van der Waals surface area (Å²) in [5, 5.41) is 11.9. The monoisotopic (exact) mass is 602 g/mol. The Morgan fingerprint density at radius 3 is 2.72 bits per heavy atom. The van der Waals surface area contributed by atoms with Crippen LogP contribution in [-0.2, 0) is 16.0 Å². The molecule has 0 spiro atoms. The lowest BCUT2D eigenvalue weighted by molar-refractivity contribution is -0.132. The number of anilines is 1. The van der Waals surface area contributed by atoms with Gasteiger partial charge in [-0.2, -0.15) is 0 Å². The average molecular weight is 603 g/mol. The van der Waals surface area contributed by atoms with Crippen LogP contribution in [0, 0.1) is 11.7 Å². The fraction of sp³-hybridized carbons (Fsp3) is 0.303. The molecule has 2 aliphatic heterocycles. The highest BCUT2D eigenvalue weighted by molar-refractivity contribution is 7.22. The number of ketones is 1. The molecular formula is C33H31FN2O6S. The molecule has 3 aromatic carbocycles. The van der Waals surface area contributed by atoms with E-state index < -0.39 is 23.5 Å². The summed E-state index contributed by atoms with van der Waals surface area (Å²) >= 11 is 1.09. The molecule has 2 aliphatic rings. The topological polar surface area (TPSA) is 98.2 Å². The lowest BCUT2D eigenvalue weighted by Gasteiger charge is -2.24. The number of ether oxygens (including phenoxy) is 3. The van der Waals surface area contributed by atoms with Crippen molar-refractivity contribution in [1.82, 2.24) is 4.98 Å². The number of halogens is 1. The highest BCUT2D eigenvalue weighted by Gasteiger charge is 2.48. The number of aliphatic hydroxyl groups is 1. The maximum absolute atomic E-state index is 14.0. The van der Waals surface area contributed by atoms with Gasteiger partial charge in [-0.3, -0.25) is 14.5 Å². The predicted octanol–water partition coefficient (Wildman–Crippen LogP) is 6.82. The third-order valence-corrected chi connectivity index (χ3v) is 8.63. The van der Waals surface area contributed by atoms with Gasteiger partial charge in [-0.05, 0) is 78.9 Å². The second kappa shape index (κ2) is 11.3. The number of Topliss-reactive ketones (excluding diaryl/α,β-unsaturated/α-hetero) is 1. The standard InChI is InChI=1S/C33H31FN2O6S/c1-17(2)11-12-41-25-10-5-19(15-26(25)40-4)29-28(30(37)20-6-9-24-21(14-20)13-18(3)42-24)31(38)32(39)36(29)33-35-23-8-7-22(34)16-27(23)43-33/h5-10,14-18,29,37H,11-13H2,1-4H3. The number of fused-ring (bicyclic) bond motifs is 2. The highest BCUT2D eigenvalue weighted by atomic mass is 32.1. The molecule has 1 aromatic heterocycles. The summed E-state index contributed by atoms with van der Waals surface area (Å²) in [4.78, 5) is 33.2. The van der Waals surface area contributed by atoms with Crippen LogP contribution >= 0.6 is 11.3 Å². The number of benzene rings is 3. The third-order valence-electron chi connectivity index (χ3n) is 7.62. The maximum Gasteiger partial charge on any atom is 0.301 e. The molecule has 222 valence electrons. The van der Waals surface area contributed by atoms with E-state index in [0.717, 1.165) is 29.1 Å². The van der Waals surface area contributed by atoms with Gasteiger partial charge in [-0.25, -0.2) is 9.37 Å². The number of amides is 1. The quantitative estimate of drug-likeness (QED) is 0.134. The molecular weight excluding hydrogens is 571 g/mol. The van der Waals surface area contributed by atoms with Crippen molar-refractivity contribution in [1.29, 1.82) is 0 Å². The number of carbonyl (C=O) groups is 2.